The number of rotatable bonds is 3. The predicted octanol–water partition coefficient (Wildman–Crippen LogP) is 4.06. The zero-order valence-corrected chi connectivity index (χ0v) is 10.5. The van der Waals surface area contributed by atoms with Crippen molar-refractivity contribution in [1.29, 1.82) is 0 Å². The van der Waals surface area contributed by atoms with Crippen LogP contribution < -0.4 is 4.74 Å². The minimum atomic E-state index is 0.309. The molecule has 0 aromatic heterocycles. The average molecular weight is 206 g/mol. The fourth-order valence-electron chi connectivity index (χ4n) is 1.18. The van der Waals surface area contributed by atoms with Crippen molar-refractivity contribution in [3.63, 3.8) is 0 Å². The number of benzene rings is 1. The van der Waals surface area contributed by atoms with E-state index in [2.05, 4.69) is 46.8 Å². The molecule has 0 radical (unpaired) electrons. The zero-order valence-electron chi connectivity index (χ0n) is 10.5. The second-order valence-corrected chi connectivity index (χ2v) is 5.39. The molecule has 0 aliphatic rings. The maximum absolute atomic E-state index is 5.78. The maximum Gasteiger partial charge on any atom is 0.119 e. The Morgan fingerprint density at radius 2 is 1.93 bits per heavy atom. The average Bonchev–Trinajstić information content (AvgIpc) is 2.12. The molecule has 1 aromatic rings. The van der Waals surface area contributed by atoms with Gasteiger partial charge in [0, 0.05) is 0 Å². The molecule has 1 nitrogen and oxygen atoms in total. The van der Waals surface area contributed by atoms with Gasteiger partial charge in [0.1, 0.15) is 5.75 Å². The Morgan fingerprint density at radius 1 is 1.27 bits per heavy atom. The van der Waals surface area contributed by atoms with Crippen molar-refractivity contribution in [2.24, 2.45) is 11.3 Å². The Morgan fingerprint density at radius 3 is 2.47 bits per heavy atom. The fraction of sp³-hybridized carbons (Fsp3) is 0.571. The van der Waals surface area contributed by atoms with Gasteiger partial charge in [0.15, 0.2) is 0 Å². The normalized spacial score (nSPS) is 13.7. The summed E-state index contributed by atoms with van der Waals surface area (Å²) in [6, 6.07) is 8.21. The van der Waals surface area contributed by atoms with Gasteiger partial charge in [-0.3, -0.25) is 0 Å². The van der Waals surface area contributed by atoms with E-state index in [9.17, 15) is 0 Å². The summed E-state index contributed by atoms with van der Waals surface area (Å²) in [5, 5.41) is 0. The number of aryl methyl sites for hydroxylation is 1. The van der Waals surface area contributed by atoms with Crippen LogP contribution in [0.2, 0.25) is 0 Å². The third-order valence-corrected chi connectivity index (χ3v) is 2.97. The fourth-order valence-corrected chi connectivity index (χ4v) is 1.18. The van der Waals surface area contributed by atoms with Crippen LogP contribution in [0.3, 0.4) is 0 Å². The quantitative estimate of drug-likeness (QED) is 0.724. The molecule has 0 aliphatic carbocycles. The molecule has 84 valence electrons. The van der Waals surface area contributed by atoms with E-state index in [1.807, 2.05) is 12.1 Å². The van der Waals surface area contributed by atoms with Crippen molar-refractivity contribution in [2.45, 2.75) is 34.6 Å². The molecule has 0 spiro atoms. The van der Waals surface area contributed by atoms with Crippen molar-refractivity contribution >= 4 is 0 Å². The largest absolute Gasteiger partial charge is 0.493 e. The summed E-state index contributed by atoms with van der Waals surface area (Å²) in [5.74, 6) is 1.53. The Labute approximate surface area is 93.5 Å². The monoisotopic (exact) mass is 206 g/mol. The van der Waals surface area contributed by atoms with Gasteiger partial charge in [0.2, 0.25) is 0 Å². The number of hydrogen-bond donors (Lipinski definition) is 0. The molecule has 0 heterocycles. The van der Waals surface area contributed by atoms with E-state index in [1.165, 1.54) is 5.56 Å². The van der Waals surface area contributed by atoms with E-state index in [1.54, 1.807) is 0 Å². The molecule has 1 unspecified atom stereocenters. The molecular weight excluding hydrogens is 184 g/mol. The molecule has 1 heteroatoms. The molecular formula is C14H22O. The first-order valence-electron chi connectivity index (χ1n) is 5.59. The van der Waals surface area contributed by atoms with Crippen LogP contribution in [0.4, 0.5) is 0 Å². The third-order valence-electron chi connectivity index (χ3n) is 2.97. The van der Waals surface area contributed by atoms with Crippen LogP contribution in [0.5, 0.6) is 5.75 Å². The van der Waals surface area contributed by atoms with Gasteiger partial charge in [-0.25, -0.2) is 0 Å². The zero-order chi connectivity index (χ0) is 11.5. The second-order valence-electron chi connectivity index (χ2n) is 5.39. The van der Waals surface area contributed by atoms with E-state index in [0.717, 1.165) is 12.4 Å². The lowest BCUT2D eigenvalue weighted by atomic mass is 9.83. The van der Waals surface area contributed by atoms with Crippen LogP contribution in [-0.2, 0) is 0 Å². The van der Waals surface area contributed by atoms with Gasteiger partial charge in [0.25, 0.3) is 0 Å². The molecule has 1 rings (SSSR count). The van der Waals surface area contributed by atoms with Gasteiger partial charge in [-0.2, -0.15) is 0 Å². The Balaban J connectivity index is 2.51. The molecule has 0 saturated carbocycles. The van der Waals surface area contributed by atoms with Gasteiger partial charge in [-0.1, -0.05) is 39.8 Å². The highest BCUT2D eigenvalue weighted by molar-refractivity contribution is 5.27. The van der Waals surface area contributed by atoms with Crippen molar-refractivity contribution in [1.82, 2.24) is 0 Å². The molecule has 0 N–H and O–H groups in total. The number of ether oxygens (including phenoxy) is 1. The highest BCUT2D eigenvalue weighted by Crippen LogP contribution is 2.26. The van der Waals surface area contributed by atoms with Gasteiger partial charge >= 0.3 is 0 Å². The maximum atomic E-state index is 5.78. The molecule has 0 aliphatic heterocycles. The van der Waals surface area contributed by atoms with E-state index in [4.69, 9.17) is 4.74 Å². The predicted molar refractivity (Wildman–Crippen MR) is 65.3 cm³/mol. The highest BCUT2D eigenvalue weighted by Gasteiger charge is 2.20. The van der Waals surface area contributed by atoms with Crippen molar-refractivity contribution in [3.8, 4) is 5.75 Å². The van der Waals surface area contributed by atoms with Crippen LogP contribution >= 0.6 is 0 Å². The first kappa shape index (κ1) is 12.1. The summed E-state index contributed by atoms with van der Waals surface area (Å²) in [5.41, 5.74) is 1.56. The lowest BCUT2D eigenvalue weighted by Gasteiger charge is -2.27. The SMILES string of the molecule is Cc1cccc(OCC(C)C(C)(C)C)c1. The summed E-state index contributed by atoms with van der Waals surface area (Å²) < 4.78 is 5.78. The Kier molecular flexibility index (Phi) is 3.78. The Hall–Kier alpha value is -0.980. The molecule has 0 bridgehead atoms. The van der Waals surface area contributed by atoms with E-state index >= 15 is 0 Å². The van der Waals surface area contributed by atoms with Crippen LogP contribution in [0.25, 0.3) is 0 Å². The van der Waals surface area contributed by atoms with Gasteiger partial charge in [-0.15, -0.1) is 0 Å². The minimum Gasteiger partial charge on any atom is -0.493 e. The van der Waals surface area contributed by atoms with Gasteiger partial charge in [-0.05, 0) is 36.0 Å². The summed E-state index contributed by atoms with van der Waals surface area (Å²) >= 11 is 0. The second kappa shape index (κ2) is 4.69. The smallest absolute Gasteiger partial charge is 0.119 e. The molecule has 15 heavy (non-hydrogen) atoms. The lowest BCUT2D eigenvalue weighted by Crippen LogP contribution is -2.23. The summed E-state index contributed by atoms with van der Waals surface area (Å²) in [4.78, 5) is 0. The van der Waals surface area contributed by atoms with E-state index in [-0.39, 0.29) is 0 Å². The van der Waals surface area contributed by atoms with E-state index in [0.29, 0.717) is 11.3 Å². The van der Waals surface area contributed by atoms with Crippen LogP contribution in [-0.4, -0.2) is 6.61 Å². The molecule has 0 fully saturated rings. The highest BCUT2D eigenvalue weighted by atomic mass is 16.5. The van der Waals surface area contributed by atoms with Crippen LogP contribution in [0.1, 0.15) is 33.3 Å². The van der Waals surface area contributed by atoms with Crippen molar-refractivity contribution < 1.29 is 4.74 Å². The first-order valence-corrected chi connectivity index (χ1v) is 5.59. The molecule has 1 aromatic carbocycles. The molecule has 0 saturated heterocycles. The summed E-state index contributed by atoms with van der Waals surface area (Å²) in [6.45, 7) is 11.8. The van der Waals surface area contributed by atoms with Crippen molar-refractivity contribution in [2.75, 3.05) is 6.61 Å². The number of hydrogen-bond acceptors (Lipinski definition) is 1. The van der Waals surface area contributed by atoms with Crippen molar-refractivity contribution in [3.05, 3.63) is 29.8 Å². The molecule has 0 amide bonds. The standard InChI is InChI=1S/C14H22O/c1-11-7-6-8-13(9-11)15-10-12(2)14(3,4)5/h6-9,12H,10H2,1-5H3. The summed E-state index contributed by atoms with van der Waals surface area (Å²) in [6.07, 6.45) is 0. The van der Waals surface area contributed by atoms with Gasteiger partial charge in [0.05, 0.1) is 6.61 Å². The molecule has 1 atom stereocenters. The topological polar surface area (TPSA) is 9.23 Å². The summed E-state index contributed by atoms with van der Waals surface area (Å²) in [7, 11) is 0. The Bertz CT molecular complexity index is 309. The van der Waals surface area contributed by atoms with Crippen LogP contribution in [0.15, 0.2) is 24.3 Å². The third kappa shape index (κ3) is 3.94. The first-order chi connectivity index (χ1) is 6.89. The lowest BCUT2D eigenvalue weighted by molar-refractivity contribution is 0.161. The van der Waals surface area contributed by atoms with E-state index < -0.39 is 0 Å². The van der Waals surface area contributed by atoms with Crippen LogP contribution in [0, 0.1) is 18.3 Å². The minimum absolute atomic E-state index is 0.309. The van der Waals surface area contributed by atoms with Gasteiger partial charge < -0.3 is 4.74 Å².